The minimum absolute atomic E-state index is 0.0566. The first-order chi connectivity index (χ1) is 14.6. The second-order valence-electron chi connectivity index (χ2n) is 7.54. The summed E-state index contributed by atoms with van der Waals surface area (Å²) in [6.07, 6.45) is 1.85. The second kappa shape index (κ2) is 9.49. The van der Waals surface area contributed by atoms with Crippen LogP contribution in [0.2, 0.25) is 0 Å². The molecule has 0 unspecified atom stereocenters. The molecule has 158 valence electrons. The van der Waals surface area contributed by atoms with E-state index in [9.17, 15) is 9.18 Å². The summed E-state index contributed by atoms with van der Waals surface area (Å²) in [5.41, 5.74) is 1.06. The molecule has 0 radical (unpaired) electrons. The molecule has 8 heteroatoms. The second-order valence-corrected chi connectivity index (χ2v) is 8.49. The Morgan fingerprint density at radius 1 is 1.33 bits per heavy atom. The molecule has 1 saturated heterocycles. The molecule has 2 aromatic heterocycles. The van der Waals surface area contributed by atoms with E-state index in [-0.39, 0.29) is 17.6 Å². The van der Waals surface area contributed by atoms with Gasteiger partial charge in [0.25, 0.3) is 0 Å². The Morgan fingerprint density at radius 3 is 2.90 bits per heavy atom. The van der Waals surface area contributed by atoms with Crippen LogP contribution in [0.3, 0.4) is 0 Å². The molecule has 1 aliphatic rings. The molecular weight excluding hydrogens is 403 g/mol. The van der Waals surface area contributed by atoms with Crippen LogP contribution in [0.4, 0.5) is 4.39 Å². The molecule has 1 fully saturated rings. The van der Waals surface area contributed by atoms with Gasteiger partial charge >= 0.3 is 0 Å². The molecule has 1 atom stereocenters. The number of carbonyl (C=O) groups is 1. The quantitative estimate of drug-likeness (QED) is 0.564. The summed E-state index contributed by atoms with van der Waals surface area (Å²) in [7, 11) is 0. The van der Waals surface area contributed by atoms with Gasteiger partial charge in [-0.15, -0.1) is 11.3 Å². The van der Waals surface area contributed by atoms with E-state index in [1.807, 2.05) is 24.4 Å². The predicted octanol–water partition coefficient (Wildman–Crippen LogP) is 4.20. The molecule has 0 saturated carbocycles. The van der Waals surface area contributed by atoms with Gasteiger partial charge in [-0.3, -0.25) is 9.69 Å². The van der Waals surface area contributed by atoms with Crippen LogP contribution >= 0.6 is 11.3 Å². The molecule has 30 heavy (non-hydrogen) atoms. The summed E-state index contributed by atoms with van der Waals surface area (Å²) in [5.74, 6) is 0.850. The minimum Gasteiger partial charge on any atom is -0.337 e. The highest BCUT2D eigenvalue weighted by Crippen LogP contribution is 2.24. The topological polar surface area (TPSA) is 62.5 Å². The van der Waals surface area contributed by atoms with Gasteiger partial charge in [-0.25, -0.2) is 4.39 Å². The van der Waals surface area contributed by atoms with Crippen molar-refractivity contribution in [2.75, 3.05) is 19.6 Å². The summed E-state index contributed by atoms with van der Waals surface area (Å²) in [4.78, 5) is 22.6. The number of likely N-dealkylation sites (tertiary alicyclic amines) is 1. The van der Waals surface area contributed by atoms with Crippen molar-refractivity contribution in [1.82, 2.24) is 19.9 Å². The number of halogens is 1. The van der Waals surface area contributed by atoms with Crippen LogP contribution in [-0.4, -0.2) is 45.5 Å². The fraction of sp³-hybridized carbons (Fsp3) is 0.409. The van der Waals surface area contributed by atoms with E-state index < -0.39 is 0 Å². The van der Waals surface area contributed by atoms with Crippen molar-refractivity contribution in [3.8, 4) is 10.7 Å². The Hall–Kier alpha value is -2.58. The van der Waals surface area contributed by atoms with E-state index in [0.29, 0.717) is 31.3 Å². The normalized spacial score (nSPS) is 17.2. The molecule has 4 rings (SSSR count). The predicted molar refractivity (Wildman–Crippen MR) is 113 cm³/mol. The summed E-state index contributed by atoms with van der Waals surface area (Å²) in [5, 5.41) is 6.00. The van der Waals surface area contributed by atoms with Gasteiger partial charge in [-0.05, 0) is 55.5 Å². The summed E-state index contributed by atoms with van der Waals surface area (Å²) in [6, 6.07) is 10.5. The molecular formula is C22H25FN4O2S. The maximum absolute atomic E-state index is 13.2. The number of carbonyl (C=O) groups excluding carboxylic acids is 1. The SMILES string of the molecule is CCN(Cc1nc(-c2cccs2)no1)C(=O)[C@@H]1CCCN(Cc2ccc(F)cc2)C1. The number of amides is 1. The molecule has 0 bridgehead atoms. The van der Waals surface area contributed by atoms with Crippen molar-refractivity contribution in [3.05, 3.63) is 59.0 Å². The van der Waals surface area contributed by atoms with Gasteiger partial charge in [-0.2, -0.15) is 4.98 Å². The van der Waals surface area contributed by atoms with E-state index in [1.54, 1.807) is 28.4 Å². The number of benzene rings is 1. The van der Waals surface area contributed by atoms with Crippen LogP contribution in [0.5, 0.6) is 0 Å². The van der Waals surface area contributed by atoms with Crippen molar-refractivity contribution in [2.24, 2.45) is 5.92 Å². The van der Waals surface area contributed by atoms with Gasteiger partial charge in [-0.1, -0.05) is 23.4 Å². The zero-order valence-electron chi connectivity index (χ0n) is 17.0. The van der Waals surface area contributed by atoms with E-state index in [1.165, 1.54) is 12.1 Å². The zero-order valence-corrected chi connectivity index (χ0v) is 17.8. The third-order valence-corrected chi connectivity index (χ3v) is 6.27. The Morgan fingerprint density at radius 2 is 2.17 bits per heavy atom. The number of rotatable bonds is 7. The maximum atomic E-state index is 13.2. The number of hydrogen-bond donors (Lipinski definition) is 0. The van der Waals surface area contributed by atoms with Gasteiger partial charge in [0.15, 0.2) is 0 Å². The highest BCUT2D eigenvalue weighted by atomic mass is 32.1. The van der Waals surface area contributed by atoms with Crippen molar-refractivity contribution < 1.29 is 13.7 Å². The van der Waals surface area contributed by atoms with Gasteiger partial charge in [0.1, 0.15) is 5.82 Å². The van der Waals surface area contributed by atoms with Crippen LogP contribution in [0.25, 0.3) is 10.7 Å². The summed E-state index contributed by atoms with van der Waals surface area (Å²) < 4.78 is 18.5. The zero-order chi connectivity index (χ0) is 20.9. The highest BCUT2D eigenvalue weighted by Gasteiger charge is 2.29. The molecule has 3 heterocycles. The summed E-state index contributed by atoms with van der Waals surface area (Å²) in [6.45, 7) is 5.25. The van der Waals surface area contributed by atoms with Crippen molar-refractivity contribution in [2.45, 2.75) is 32.9 Å². The Balaban J connectivity index is 1.37. The van der Waals surface area contributed by atoms with Crippen LogP contribution in [0.15, 0.2) is 46.3 Å². The van der Waals surface area contributed by atoms with Crippen molar-refractivity contribution >= 4 is 17.2 Å². The lowest BCUT2D eigenvalue weighted by Crippen LogP contribution is -2.44. The van der Waals surface area contributed by atoms with Gasteiger partial charge in [0.2, 0.25) is 17.6 Å². The molecule has 0 aliphatic carbocycles. The number of piperidine rings is 1. The van der Waals surface area contributed by atoms with E-state index in [2.05, 4.69) is 15.0 Å². The van der Waals surface area contributed by atoms with E-state index in [0.717, 1.165) is 36.4 Å². The van der Waals surface area contributed by atoms with Crippen LogP contribution < -0.4 is 0 Å². The molecule has 0 spiro atoms. The van der Waals surface area contributed by atoms with Gasteiger partial charge < -0.3 is 9.42 Å². The standard InChI is InChI=1S/C22H25FN4O2S/c1-2-27(15-20-24-21(25-29-20)19-6-4-12-30-19)22(28)17-5-3-11-26(14-17)13-16-7-9-18(23)10-8-16/h4,6-10,12,17H,2-3,5,11,13-15H2,1H3/t17-/m1/s1. The van der Waals surface area contributed by atoms with Crippen LogP contribution in [0, 0.1) is 11.7 Å². The molecule has 6 nitrogen and oxygen atoms in total. The summed E-state index contributed by atoms with van der Waals surface area (Å²) >= 11 is 1.55. The first kappa shape index (κ1) is 20.7. The first-order valence-corrected chi connectivity index (χ1v) is 11.1. The first-order valence-electron chi connectivity index (χ1n) is 10.2. The van der Waals surface area contributed by atoms with Gasteiger partial charge in [0.05, 0.1) is 17.3 Å². The fourth-order valence-electron chi connectivity index (χ4n) is 3.84. The number of nitrogens with zero attached hydrogens (tertiary/aromatic N) is 4. The lowest BCUT2D eigenvalue weighted by molar-refractivity contribution is -0.138. The Kier molecular flexibility index (Phi) is 6.54. The third-order valence-electron chi connectivity index (χ3n) is 5.40. The van der Waals surface area contributed by atoms with E-state index in [4.69, 9.17) is 4.52 Å². The van der Waals surface area contributed by atoms with E-state index >= 15 is 0 Å². The monoisotopic (exact) mass is 428 g/mol. The smallest absolute Gasteiger partial charge is 0.246 e. The van der Waals surface area contributed by atoms with Crippen molar-refractivity contribution in [1.29, 1.82) is 0 Å². The Bertz CT molecular complexity index is 958. The largest absolute Gasteiger partial charge is 0.337 e. The maximum Gasteiger partial charge on any atom is 0.246 e. The molecule has 1 aromatic carbocycles. The lowest BCUT2D eigenvalue weighted by atomic mass is 9.96. The minimum atomic E-state index is -0.229. The third kappa shape index (κ3) is 4.94. The number of hydrogen-bond acceptors (Lipinski definition) is 6. The Labute approximate surface area is 179 Å². The van der Waals surface area contributed by atoms with Gasteiger partial charge in [0, 0.05) is 19.6 Å². The fourth-order valence-corrected chi connectivity index (χ4v) is 4.49. The average Bonchev–Trinajstić information content (AvgIpc) is 3.45. The van der Waals surface area contributed by atoms with Crippen molar-refractivity contribution in [3.63, 3.8) is 0 Å². The molecule has 3 aromatic rings. The molecule has 1 amide bonds. The average molecular weight is 429 g/mol. The lowest BCUT2D eigenvalue weighted by Gasteiger charge is -2.34. The molecule has 1 aliphatic heterocycles. The number of thiophene rings is 1. The van der Waals surface area contributed by atoms with Crippen LogP contribution in [-0.2, 0) is 17.9 Å². The number of aromatic nitrogens is 2. The van der Waals surface area contributed by atoms with Crippen LogP contribution in [0.1, 0.15) is 31.2 Å². The highest BCUT2D eigenvalue weighted by molar-refractivity contribution is 7.13. The molecule has 0 N–H and O–H groups in total.